The van der Waals surface area contributed by atoms with Gasteiger partial charge in [0.25, 0.3) is 5.91 Å². The molecule has 1 aromatic carbocycles. The van der Waals surface area contributed by atoms with E-state index in [4.69, 9.17) is 18.9 Å². The number of hydrogen-bond acceptors (Lipinski definition) is 8. The number of ether oxygens (including phenoxy) is 4. The SMILES string of the molecule is COc1ccc2nccc(CCC3OCC(NCc4ccc5c(n4)NC(=O)CO5)CO3)c2c1. The normalized spacial score (nSPS) is 20.1. The first-order valence-corrected chi connectivity index (χ1v) is 11.0. The van der Waals surface area contributed by atoms with E-state index in [9.17, 15) is 4.79 Å². The van der Waals surface area contributed by atoms with Crippen molar-refractivity contribution >= 4 is 22.6 Å². The zero-order valence-corrected chi connectivity index (χ0v) is 18.4. The van der Waals surface area contributed by atoms with E-state index in [-0.39, 0.29) is 24.8 Å². The summed E-state index contributed by atoms with van der Waals surface area (Å²) < 4.78 is 22.6. The highest BCUT2D eigenvalue weighted by molar-refractivity contribution is 5.94. The molecule has 5 rings (SSSR count). The molecule has 1 amide bonds. The lowest BCUT2D eigenvalue weighted by Crippen LogP contribution is -2.44. The van der Waals surface area contributed by atoms with Gasteiger partial charge in [0, 0.05) is 24.5 Å². The fourth-order valence-electron chi connectivity index (χ4n) is 3.98. The summed E-state index contributed by atoms with van der Waals surface area (Å²) in [6.45, 7) is 1.67. The summed E-state index contributed by atoms with van der Waals surface area (Å²) in [7, 11) is 1.67. The number of nitrogens with zero attached hydrogens (tertiary/aromatic N) is 2. The maximum atomic E-state index is 11.5. The summed E-state index contributed by atoms with van der Waals surface area (Å²) in [4.78, 5) is 20.4. The number of nitrogens with one attached hydrogen (secondary N) is 2. The van der Waals surface area contributed by atoms with E-state index < -0.39 is 0 Å². The van der Waals surface area contributed by atoms with Crippen molar-refractivity contribution in [2.75, 3.05) is 32.2 Å². The first-order valence-electron chi connectivity index (χ1n) is 11.0. The molecule has 172 valence electrons. The first kappa shape index (κ1) is 21.6. The third-order valence-corrected chi connectivity index (χ3v) is 5.76. The summed E-state index contributed by atoms with van der Waals surface area (Å²) in [5.41, 5.74) is 2.95. The van der Waals surface area contributed by atoms with Crippen molar-refractivity contribution in [2.24, 2.45) is 0 Å². The Kier molecular flexibility index (Phi) is 6.34. The Balaban J connectivity index is 1.11. The summed E-state index contributed by atoms with van der Waals surface area (Å²) in [5.74, 6) is 1.67. The number of fused-ring (bicyclic) bond motifs is 2. The summed E-state index contributed by atoms with van der Waals surface area (Å²) >= 11 is 0. The van der Waals surface area contributed by atoms with Gasteiger partial charge in [0.1, 0.15) is 5.75 Å². The number of aryl methyl sites for hydroxylation is 1. The van der Waals surface area contributed by atoms with Crippen molar-refractivity contribution in [3.05, 3.63) is 53.9 Å². The number of carbonyl (C=O) groups is 1. The lowest BCUT2D eigenvalue weighted by molar-refractivity contribution is -0.192. The monoisotopic (exact) mass is 450 g/mol. The molecule has 33 heavy (non-hydrogen) atoms. The van der Waals surface area contributed by atoms with Crippen LogP contribution in [0, 0.1) is 0 Å². The number of methoxy groups -OCH3 is 1. The minimum Gasteiger partial charge on any atom is -0.497 e. The van der Waals surface area contributed by atoms with Crippen molar-refractivity contribution in [3.63, 3.8) is 0 Å². The standard InChI is InChI=1S/C24H26N4O5/c1-30-18-4-5-20-19(10-18)15(8-9-25-20)2-7-23-32-12-17(13-33-23)26-11-16-3-6-21-24(27-16)28-22(29)14-31-21/h3-6,8-10,17,23,26H,2,7,11-14H2,1H3,(H,27,28,29). The highest BCUT2D eigenvalue weighted by atomic mass is 16.7. The van der Waals surface area contributed by atoms with Gasteiger partial charge < -0.3 is 29.6 Å². The molecule has 0 radical (unpaired) electrons. The molecule has 0 atom stereocenters. The van der Waals surface area contributed by atoms with Crippen LogP contribution in [0.2, 0.25) is 0 Å². The van der Waals surface area contributed by atoms with E-state index in [1.807, 2.05) is 42.6 Å². The van der Waals surface area contributed by atoms with E-state index in [1.165, 1.54) is 5.56 Å². The van der Waals surface area contributed by atoms with Crippen LogP contribution in [-0.2, 0) is 27.2 Å². The average molecular weight is 450 g/mol. The molecule has 0 aliphatic carbocycles. The van der Waals surface area contributed by atoms with E-state index in [2.05, 4.69) is 20.6 Å². The molecule has 2 N–H and O–H groups in total. The Morgan fingerprint density at radius 2 is 2.06 bits per heavy atom. The number of anilines is 1. The van der Waals surface area contributed by atoms with Gasteiger partial charge >= 0.3 is 0 Å². The average Bonchev–Trinajstić information content (AvgIpc) is 2.86. The second kappa shape index (κ2) is 9.70. The maximum absolute atomic E-state index is 11.5. The van der Waals surface area contributed by atoms with Crippen LogP contribution in [0.1, 0.15) is 17.7 Å². The van der Waals surface area contributed by atoms with E-state index in [0.29, 0.717) is 31.3 Å². The molecule has 2 aliphatic heterocycles. The lowest BCUT2D eigenvalue weighted by Gasteiger charge is -2.30. The minimum atomic E-state index is -0.244. The Hall–Kier alpha value is -3.27. The molecule has 2 aromatic heterocycles. The van der Waals surface area contributed by atoms with Crippen LogP contribution in [0.3, 0.4) is 0 Å². The number of rotatable bonds is 7. The molecule has 9 heteroatoms. The topological polar surface area (TPSA) is 104 Å². The highest BCUT2D eigenvalue weighted by Crippen LogP contribution is 2.26. The number of benzene rings is 1. The van der Waals surface area contributed by atoms with Crippen LogP contribution >= 0.6 is 0 Å². The summed E-state index contributed by atoms with van der Waals surface area (Å²) in [5, 5.41) is 7.21. The minimum absolute atomic E-state index is 0.0236. The van der Waals surface area contributed by atoms with Gasteiger partial charge in [-0.15, -0.1) is 0 Å². The van der Waals surface area contributed by atoms with Crippen molar-refractivity contribution < 1.29 is 23.7 Å². The second-order valence-electron chi connectivity index (χ2n) is 8.05. The first-order chi connectivity index (χ1) is 16.2. The maximum Gasteiger partial charge on any atom is 0.263 e. The van der Waals surface area contributed by atoms with Gasteiger partial charge in [-0.1, -0.05) is 0 Å². The van der Waals surface area contributed by atoms with Gasteiger partial charge in [0.2, 0.25) is 0 Å². The Morgan fingerprint density at radius 1 is 1.18 bits per heavy atom. The zero-order valence-electron chi connectivity index (χ0n) is 18.4. The van der Waals surface area contributed by atoms with Crippen LogP contribution in [0.4, 0.5) is 5.82 Å². The van der Waals surface area contributed by atoms with Crippen LogP contribution in [0.15, 0.2) is 42.6 Å². The molecular weight excluding hydrogens is 424 g/mol. The van der Waals surface area contributed by atoms with E-state index >= 15 is 0 Å². The van der Waals surface area contributed by atoms with Crippen LogP contribution in [0.5, 0.6) is 11.5 Å². The van der Waals surface area contributed by atoms with Gasteiger partial charge in [0.15, 0.2) is 24.5 Å². The van der Waals surface area contributed by atoms with Crippen molar-refractivity contribution in [3.8, 4) is 11.5 Å². The molecule has 2 aliphatic rings. The van der Waals surface area contributed by atoms with Gasteiger partial charge in [-0.25, -0.2) is 4.98 Å². The molecule has 1 fully saturated rings. The molecule has 1 saturated heterocycles. The largest absolute Gasteiger partial charge is 0.497 e. The number of amides is 1. The third kappa shape index (κ3) is 5.05. The van der Waals surface area contributed by atoms with Crippen LogP contribution in [0.25, 0.3) is 10.9 Å². The number of aromatic nitrogens is 2. The van der Waals surface area contributed by atoms with Crippen molar-refractivity contribution in [2.45, 2.75) is 31.7 Å². The molecule has 9 nitrogen and oxygen atoms in total. The Morgan fingerprint density at radius 3 is 2.91 bits per heavy atom. The second-order valence-corrected chi connectivity index (χ2v) is 8.05. The molecule has 4 heterocycles. The summed E-state index contributed by atoms with van der Waals surface area (Å²) in [6.07, 6.45) is 3.17. The van der Waals surface area contributed by atoms with Crippen LogP contribution < -0.4 is 20.1 Å². The molecule has 0 spiro atoms. The van der Waals surface area contributed by atoms with Gasteiger partial charge in [0.05, 0.1) is 37.6 Å². The molecule has 0 bridgehead atoms. The predicted octanol–water partition coefficient (Wildman–Crippen LogP) is 2.43. The Labute approximate surface area is 191 Å². The van der Waals surface area contributed by atoms with Gasteiger partial charge in [-0.3, -0.25) is 9.78 Å². The third-order valence-electron chi connectivity index (χ3n) is 5.76. The van der Waals surface area contributed by atoms with Crippen LogP contribution in [-0.4, -0.2) is 55.1 Å². The fraction of sp³-hybridized carbons (Fsp3) is 0.375. The lowest BCUT2D eigenvalue weighted by atomic mass is 10.0. The fourth-order valence-corrected chi connectivity index (χ4v) is 3.98. The van der Waals surface area contributed by atoms with Gasteiger partial charge in [-0.05, 0) is 48.4 Å². The highest BCUT2D eigenvalue weighted by Gasteiger charge is 2.23. The zero-order chi connectivity index (χ0) is 22.6. The number of hydrogen-bond donors (Lipinski definition) is 2. The Bertz CT molecular complexity index is 1150. The number of carbonyl (C=O) groups excluding carboxylic acids is 1. The summed E-state index contributed by atoms with van der Waals surface area (Å²) in [6, 6.07) is 11.7. The molecule has 0 unspecified atom stereocenters. The van der Waals surface area contributed by atoms with Crippen molar-refractivity contribution in [1.29, 1.82) is 0 Å². The van der Waals surface area contributed by atoms with Crippen molar-refractivity contribution in [1.82, 2.24) is 15.3 Å². The quantitative estimate of drug-likeness (QED) is 0.566. The number of pyridine rings is 2. The van der Waals surface area contributed by atoms with E-state index in [0.717, 1.165) is 35.2 Å². The molecular formula is C24H26N4O5. The smallest absolute Gasteiger partial charge is 0.263 e. The molecule has 0 saturated carbocycles. The molecule has 3 aromatic rings. The predicted molar refractivity (Wildman–Crippen MR) is 121 cm³/mol. The van der Waals surface area contributed by atoms with E-state index in [1.54, 1.807) is 7.11 Å². The van der Waals surface area contributed by atoms with Gasteiger partial charge in [-0.2, -0.15) is 0 Å².